The van der Waals surface area contributed by atoms with Gasteiger partial charge in [0.1, 0.15) is 11.5 Å². The van der Waals surface area contributed by atoms with E-state index in [0.29, 0.717) is 17.8 Å². The van der Waals surface area contributed by atoms with Crippen molar-refractivity contribution in [3.05, 3.63) is 94.7 Å². The lowest BCUT2D eigenvalue weighted by atomic mass is 9.83. The Bertz CT molecular complexity index is 1440. The van der Waals surface area contributed by atoms with Gasteiger partial charge in [0.2, 0.25) is 0 Å². The first-order valence-corrected chi connectivity index (χ1v) is 13.9. The van der Waals surface area contributed by atoms with Crippen LogP contribution in [0.4, 0.5) is 4.39 Å². The molecule has 1 saturated carbocycles. The van der Waals surface area contributed by atoms with Crippen molar-refractivity contribution in [1.82, 2.24) is 14.8 Å². The Balaban J connectivity index is 1.52. The molecule has 0 spiro atoms. The van der Waals surface area contributed by atoms with Crippen LogP contribution in [0.3, 0.4) is 0 Å². The number of halogens is 1. The number of aromatic nitrogens is 1. The molecule has 3 heterocycles. The van der Waals surface area contributed by atoms with Crippen molar-refractivity contribution in [1.29, 1.82) is 0 Å². The standard InChI is InChI=1S/C30H30FN3O2S/c31-23-12-8-9-21(17-23)19-34-28(35)26-18-27-25(15-16-37-27)33(26)20-30(34,22-10-4-3-5-11-22)29(36)32-24-13-6-1-2-7-14-24/h3-5,8-12,15-18,24H,1-2,6-7,13-14,19-20H2,(H,32,36)/t30-/m1/s1. The average molecular weight is 516 g/mol. The van der Waals surface area contributed by atoms with Crippen molar-refractivity contribution in [3.63, 3.8) is 0 Å². The normalized spacial score (nSPS) is 20.6. The van der Waals surface area contributed by atoms with E-state index in [1.165, 1.54) is 25.0 Å². The zero-order valence-corrected chi connectivity index (χ0v) is 21.5. The second-order valence-electron chi connectivity index (χ2n) is 10.2. The van der Waals surface area contributed by atoms with Gasteiger partial charge in [0, 0.05) is 12.6 Å². The van der Waals surface area contributed by atoms with E-state index in [1.807, 2.05) is 58.5 Å². The molecule has 1 atom stereocenters. The molecule has 1 aliphatic heterocycles. The van der Waals surface area contributed by atoms with Crippen LogP contribution in [-0.2, 0) is 23.4 Å². The monoisotopic (exact) mass is 515 g/mol. The van der Waals surface area contributed by atoms with Crippen LogP contribution < -0.4 is 5.32 Å². The molecular weight excluding hydrogens is 485 g/mol. The van der Waals surface area contributed by atoms with Crippen LogP contribution in [0.5, 0.6) is 0 Å². The number of amides is 2. The minimum Gasteiger partial charge on any atom is -0.351 e. The van der Waals surface area contributed by atoms with Gasteiger partial charge >= 0.3 is 0 Å². The summed E-state index contributed by atoms with van der Waals surface area (Å²) in [5.74, 6) is -0.754. The average Bonchev–Trinajstić information content (AvgIpc) is 3.40. The maximum atomic E-state index is 14.5. The molecule has 190 valence electrons. The zero-order chi connectivity index (χ0) is 25.4. The number of nitrogens with zero attached hydrogens (tertiary/aromatic N) is 2. The molecule has 6 rings (SSSR count). The molecule has 2 amide bonds. The van der Waals surface area contributed by atoms with Gasteiger partial charge in [0.25, 0.3) is 11.8 Å². The third kappa shape index (κ3) is 4.25. The number of hydrogen-bond acceptors (Lipinski definition) is 3. The van der Waals surface area contributed by atoms with Crippen LogP contribution in [-0.4, -0.2) is 27.3 Å². The SMILES string of the molecule is O=C1c2cc3sccc3n2C[C@](C(=O)NC2CCCCCC2)(c2ccccc2)N1Cc1cccc(F)c1. The maximum Gasteiger partial charge on any atom is 0.272 e. The zero-order valence-electron chi connectivity index (χ0n) is 20.7. The molecule has 0 radical (unpaired) electrons. The first-order valence-electron chi connectivity index (χ1n) is 13.1. The lowest BCUT2D eigenvalue weighted by Crippen LogP contribution is -2.63. The maximum absolute atomic E-state index is 14.5. The Labute approximate surface area is 219 Å². The summed E-state index contributed by atoms with van der Waals surface area (Å²) in [6, 6.07) is 19.9. The van der Waals surface area contributed by atoms with E-state index >= 15 is 0 Å². The number of thiophene rings is 1. The molecule has 1 fully saturated rings. The van der Waals surface area contributed by atoms with Crippen molar-refractivity contribution in [2.45, 2.75) is 63.2 Å². The van der Waals surface area contributed by atoms with Gasteiger partial charge in [-0.15, -0.1) is 11.3 Å². The van der Waals surface area contributed by atoms with Gasteiger partial charge < -0.3 is 14.8 Å². The van der Waals surface area contributed by atoms with Crippen molar-refractivity contribution in [2.75, 3.05) is 0 Å². The highest BCUT2D eigenvalue weighted by Gasteiger charge is 2.53. The summed E-state index contributed by atoms with van der Waals surface area (Å²) in [5.41, 5.74) is 1.65. The molecule has 1 N–H and O–H groups in total. The molecule has 0 saturated heterocycles. The van der Waals surface area contributed by atoms with E-state index in [2.05, 4.69) is 5.32 Å². The van der Waals surface area contributed by atoms with Gasteiger partial charge in [-0.05, 0) is 53.6 Å². The Morgan fingerprint density at radius 3 is 2.54 bits per heavy atom. The van der Waals surface area contributed by atoms with Crippen molar-refractivity contribution >= 4 is 33.4 Å². The fourth-order valence-corrected chi connectivity index (χ4v) is 6.81. The van der Waals surface area contributed by atoms with Crippen LogP contribution >= 0.6 is 11.3 Å². The van der Waals surface area contributed by atoms with Gasteiger partial charge in [-0.1, -0.05) is 68.1 Å². The van der Waals surface area contributed by atoms with Crippen LogP contribution in [0.25, 0.3) is 10.2 Å². The third-order valence-corrected chi connectivity index (χ3v) is 8.73. The van der Waals surface area contributed by atoms with Gasteiger partial charge in [-0.2, -0.15) is 0 Å². The highest BCUT2D eigenvalue weighted by molar-refractivity contribution is 7.17. The molecule has 0 bridgehead atoms. The Kier molecular flexibility index (Phi) is 6.32. The van der Waals surface area contributed by atoms with Crippen LogP contribution in [0, 0.1) is 5.82 Å². The number of benzene rings is 2. The minimum atomic E-state index is -1.28. The number of carbonyl (C=O) groups is 2. The molecule has 2 aliphatic rings. The van der Waals surface area contributed by atoms with E-state index in [1.54, 1.807) is 22.3 Å². The van der Waals surface area contributed by atoms with Crippen LogP contribution in [0.2, 0.25) is 0 Å². The molecule has 0 unspecified atom stereocenters. The lowest BCUT2D eigenvalue weighted by molar-refractivity contribution is -0.136. The fourth-order valence-electron chi connectivity index (χ4n) is 5.99. The Morgan fingerprint density at radius 1 is 1.00 bits per heavy atom. The minimum absolute atomic E-state index is 0.0777. The third-order valence-electron chi connectivity index (χ3n) is 7.88. The molecule has 7 heteroatoms. The summed E-state index contributed by atoms with van der Waals surface area (Å²) >= 11 is 1.58. The first kappa shape index (κ1) is 23.9. The number of rotatable bonds is 5. The molecular formula is C30H30FN3O2S. The van der Waals surface area contributed by atoms with Crippen molar-refractivity contribution in [3.8, 4) is 0 Å². The van der Waals surface area contributed by atoms with E-state index in [9.17, 15) is 14.0 Å². The topological polar surface area (TPSA) is 54.3 Å². The van der Waals surface area contributed by atoms with Gasteiger partial charge in [-0.3, -0.25) is 9.59 Å². The summed E-state index contributed by atoms with van der Waals surface area (Å²) in [7, 11) is 0. The highest BCUT2D eigenvalue weighted by Crippen LogP contribution is 2.41. The molecule has 37 heavy (non-hydrogen) atoms. The smallest absolute Gasteiger partial charge is 0.272 e. The van der Waals surface area contributed by atoms with Crippen molar-refractivity contribution in [2.24, 2.45) is 0 Å². The van der Waals surface area contributed by atoms with E-state index < -0.39 is 5.54 Å². The molecule has 2 aromatic heterocycles. The highest BCUT2D eigenvalue weighted by atomic mass is 32.1. The molecule has 2 aromatic carbocycles. The van der Waals surface area contributed by atoms with Crippen molar-refractivity contribution < 1.29 is 14.0 Å². The number of hydrogen-bond donors (Lipinski definition) is 1. The molecule has 5 nitrogen and oxygen atoms in total. The predicted molar refractivity (Wildman–Crippen MR) is 144 cm³/mol. The number of fused-ring (bicyclic) bond motifs is 3. The number of carbonyl (C=O) groups excluding carboxylic acids is 2. The summed E-state index contributed by atoms with van der Waals surface area (Å²) < 4.78 is 17.2. The summed E-state index contributed by atoms with van der Waals surface area (Å²) in [5, 5.41) is 5.37. The molecule has 1 aliphatic carbocycles. The summed E-state index contributed by atoms with van der Waals surface area (Å²) in [6.45, 7) is 0.425. The predicted octanol–water partition coefficient (Wildman–Crippen LogP) is 6.23. The summed E-state index contributed by atoms with van der Waals surface area (Å²) in [6.07, 6.45) is 6.43. The van der Waals surface area contributed by atoms with E-state index in [-0.39, 0.29) is 30.2 Å². The van der Waals surface area contributed by atoms with E-state index in [0.717, 1.165) is 41.5 Å². The lowest BCUT2D eigenvalue weighted by Gasteiger charge is -2.47. The Morgan fingerprint density at radius 2 is 1.78 bits per heavy atom. The second kappa shape index (κ2) is 9.78. The quantitative estimate of drug-likeness (QED) is 0.320. The number of nitrogens with one attached hydrogen (secondary N) is 1. The van der Waals surface area contributed by atoms with Gasteiger partial charge in [0.05, 0.1) is 16.8 Å². The summed E-state index contributed by atoms with van der Waals surface area (Å²) in [4.78, 5) is 30.4. The van der Waals surface area contributed by atoms with Gasteiger partial charge in [0.15, 0.2) is 5.54 Å². The van der Waals surface area contributed by atoms with E-state index in [4.69, 9.17) is 0 Å². The molecule has 4 aromatic rings. The second-order valence-corrected chi connectivity index (χ2v) is 11.1. The Hall–Kier alpha value is -3.45. The fraction of sp³-hybridized carbons (Fsp3) is 0.333. The van der Waals surface area contributed by atoms with Crippen LogP contribution in [0.15, 0.2) is 72.1 Å². The first-order chi connectivity index (χ1) is 18.1. The van der Waals surface area contributed by atoms with Crippen LogP contribution in [0.1, 0.15) is 60.1 Å². The largest absolute Gasteiger partial charge is 0.351 e. The van der Waals surface area contributed by atoms with Gasteiger partial charge in [-0.25, -0.2) is 4.39 Å².